The average molecular weight is 441 g/mol. The molecule has 0 aliphatic carbocycles. The molecule has 0 unspecified atom stereocenters. The highest BCUT2D eigenvalue weighted by atomic mass is 79.9. The standard InChI is InChI=1S/C16H15BrClN5O3/c1-21-13-12(14(24)22(16(21)25)8-2-7-19-26)23(15(17)20-13)9-10-3-5-11(18)6-4-10/h3-6H,2,7-9H2,1H3. The zero-order valence-corrected chi connectivity index (χ0v) is 16.2. The Hall–Kier alpha value is -2.26. The second-order valence-corrected chi connectivity index (χ2v) is 6.92. The maximum Gasteiger partial charge on any atom is 0.332 e. The predicted molar refractivity (Wildman–Crippen MR) is 103 cm³/mol. The normalized spacial score (nSPS) is 11.2. The third-order valence-electron chi connectivity index (χ3n) is 4.07. The Kier molecular flexibility index (Phi) is 5.38. The van der Waals surface area contributed by atoms with Crippen LogP contribution in [0.15, 0.2) is 43.8 Å². The van der Waals surface area contributed by atoms with Crippen LogP contribution in [-0.4, -0.2) is 25.2 Å². The summed E-state index contributed by atoms with van der Waals surface area (Å²) >= 11 is 9.28. The maximum absolute atomic E-state index is 12.9. The highest BCUT2D eigenvalue weighted by Gasteiger charge is 2.19. The third-order valence-corrected chi connectivity index (χ3v) is 4.93. The monoisotopic (exact) mass is 439 g/mol. The zero-order chi connectivity index (χ0) is 18.8. The van der Waals surface area contributed by atoms with Crippen molar-refractivity contribution in [2.45, 2.75) is 19.5 Å². The van der Waals surface area contributed by atoms with E-state index in [0.29, 0.717) is 33.9 Å². The summed E-state index contributed by atoms with van der Waals surface area (Å²) in [5.74, 6) is 0. The Labute approximate surface area is 161 Å². The second-order valence-electron chi connectivity index (χ2n) is 5.77. The second kappa shape index (κ2) is 7.55. The van der Waals surface area contributed by atoms with Crippen LogP contribution < -0.4 is 11.2 Å². The highest BCUT2D eigenvalue weighted by Crippen LogP contribution is 2.19. The molecule has 0 N–H and O–H groups in total. The number of nitrogens with zero attached hydrogens (tertiary/aromatic N) is 5. The SMILES string of the molecule is Cn1c(=O)n(CCCN=O)c(=O)c2c1nc(Br)n2Cc1ccc(Cl)cc1. The number of benzene rings is 1. The van der Waals surface area contributed by atoms with Crippen molar-refractivity contribution in [3.63, 3.8) is 0 Å². The largest absolute Gasteiger partial charge is 0.332 e. The van der Waals surface area contributed by atoms with Crippen molar-refractivity contribution in [1.29, 1.82) is 0 Å². The fraction of sp³-hybridized carbons (Fsp3) is 0.312. The quantitative estimate of drug-likeness (QED) is 0.334. The number of halogens is 2. The van der Waals surface area contributed by atoms with Crippen LogP contribution in [-0.2, 0) is 20.1 Å². The summed E-state index contributed by atoms with van der Waals surface area (Å²) in [7, 11) is 1.56. The van der Waals surface area contributed by atoms with Crippen molar-refractivity contribution >= 4 is 38.7 Å². The maximum atomic E-state index is 12.9. The van der Waals surface area contributed by atoms with Crippen LogP contribution in [0.25, 0.3) is 11.2 Å². The Morgan fingerprint density at radius 1 is 1.19 bits per heavy atom. The average Bonchev–Trinajstić information content (AvgIpc) is 2.95. The van der Waals surface area contributed by atoms with Crippen LogP contribution in [0.2, 0.25) is 5.02 Å². The molecule has 0 bridgehead atoms. The van der Waals surface area contributed by atoms with Crippen LogP contribution in [0.5, 0.6) is 0 Å². The molecular weight excluding hydrogens is 426 g/mol. The molecule has 1 aromatic carbocycles. The topological polar surface area (TPSA) is 91.2 Å². The number of aryl methyl sites for hydroxylation is 1. The molecule has 0 aliphatic rings. The van der Waals surface area contributed by atoms with Gasteiger partial charge in [-0.1, -0.05) is 28.9 Å². The van der Waals surface area contributed by atoms with Gasteiger partial charge in [0.2, 0.25) is 0 Å². The van der Waals surface area contributed by atoms with E-state index in [0.717, 1.165) is 10.1 Å². The van der Waals surface area contributed by atoms with Gasteiger partial charge in [-0.25, -0.2) is 9.78 Å². The van der Waals surface area contributed by atoms with Gasteiger partial charge in [0.15, 0.2) is 15.9 Å². The molecule has 8 nitrogen and oxygen atoms in total. The van der Waals surface area contributed by atoms with Gasteiger partial charge in [0.05, 0.1) is 13.1 Å². The van der Waals surface area contributed by atoms with Crippen molar-refractivity contribution in [1.82, 2.24) is 18.7 Å². The van der Waals surface area contributed by atoms with Gasteiger partial charge in [0, 0.05) is 18.6 Å². The molecular formula is C16H15BrClN5O3. The van der Waals surface area contributed by atoms with E-state index in [-0.39, 0.29) is 13.1 Å². The Morgan fingerprint density at radius 2 is 1.88 bits per heavy atom. The summed E-state index contributed by atoms with van der Waals surface area (Å²) < 4.78 is 4.59. The summed E-state index contributed by atoms with van der Waals surface area (Å²) in [6.45, 7) is 0.551. The van der Waals surface area contributed by atoms with E-state index in [9.17, 15) is 14.5 Å². The summed E-state index contributed by atoms with van der Waals surface area (Å²) in [6, 6.07) is 7.25. The lowest BCUT2D eigenvalue weighted by Crippen LogP contribution is -2.39. The summed E-state index contributed by atoms with van der Waals surface area (Å²) in [6.07, 6.45) is 0.316. The number of fused-ring (bicyclic) bond motifs is 1. The molecule has 26 heavy (non-hydrogen) atoms. The number of nitroso groups, excluding NO2 is 1. The molecule has 2 heterocycles. The number of imidazole rings is 1. The van der Waals surface area contributed by atoms with Crippen molar-refractivity contribution in [2.75, 3.05) is 6.54 Å². The van der Waals surface area contributed by atoms with Gasteiger partial charge in [-0.3, -0.25) is 13.9 Å². The van der Waals surface area contributed by atoms with Crippen LogP contribution in [0.1, 0.15) is 12.0 Å². The molecule has 0 aliphatic heterocycles. The molecule has 10 heteroatoms. The molecule has 0 atom stereocenters. The first kappa shape index (κ1) is 18.5. The minimum Gasteiger partial charge on any atom is -0.308 e. The Balaban J connectivity index is 2.16. The lowest BCUT2D eigenvalue weighted by molar-refractivity contribution is 0.576. The molecule has 0 amide bonds. The first-order valence-corrected chi connectivity index (χ1v) is 9.00. The fourth-order valence-corrected chi connectivity index (χ4v) is 3.35. The van der Waals surface area contributed by atoms with Gasteiger partial charge < -0.3 is 4.57 Å². The summed E-state index contributed by atoms with van der Waals surface area (Å²) in [5, 5.41) is 3.39. The van der Waals surface area contributed by atoms with E-state index in [4.69, 9.17) is 11.6 Å². The minimum atomic E-state index is -0.475. The third kappa shape index (κ3) is 3.36. The van der Waals surface area contributed by atoms with E-state index in [1.807, 2.05) is 12.1 Å². The molecule has 3 aromatic rings. The molecule has 0 fully saturated rings. The van der Waals surface area contributed by atoms with Crippen LogP contribution in [0, 0.1) is 4.91 Å². The lowest BCUT2D eigenvalue weighted by Gasteiger charge is -2.10. The van der Waals surface area contributed by atoms with E-state index in [1.165, 1.54) is 4.57 Å². The molecule has 0 saturated carbocycles. The van der Waals surface area contributed by atoms with Gasteiger partial charge in [-0.05, 0) is 40.0 Å². The van der Waals surface area contributed by atoms with E-state index in [2.05, 4.69) is 26.1 Å². The number of hydrogen-bond donors (Lipinski definition) is 0. The Morgan fingerprint density at radius 3 is 2.54 bits per heavy atom. The zero-order valence-electron chi connectivity index (χ0n) is 13.9. The van der Waals surface area contributed by atoms with E-state index < -0.39 is 11.2 Å². The first-order chi connectivity index (χ1) is 12.4. The molecule has 136 valence electrons. The van der Waals surface area contributed by atoms with E-state index >= 15 is 0 Å². The van der Waals surface area contributed by atoms with Crippen molar-refractivity contribution in [2.24, 2.45) is 12.2 Å². The van der Waals surface area contributed by atoms with E-state index in [1.54, 1.807) is 23.7 Å². The first-order valence-electron chi connectivity index (χ1n) is 7.83. The van der Waals surface area contributed by atoms with Crippen LogP contribution in [0.4, 0.5) is 0 Å². The smallest absolute Gasteiger partial charge is 0.308 e. The fourth-order valence-electron chi connectivity index (χ4n) is 2.75. The lowest BCUT2D eigenvalue weighted by atomic mass is 10.2. The van der Waals surface area contributed by atoms with Gasteiger partial charge in [-0.15, -0.1) is 0 Å². The number of rotatable bonds is 6. The van der Waals surface area contributed by atoms with Crippen molar-refractivity contribution in [3.8, 4) is 0 Å². The van der Waals surface area contributed by atoms with Crippen LogP contribution in [0.3, 0.4) is 0 Å². The minimum absolute atomic E-state index is 0.0430. The highest BCUT2D eigenvalue weighted by molar-refractivity contribution is 9.10. The summed E-state index contributed by atoms with van der Waals surface area (Å²) in [5.41, 5.74) is 0.621. The molecule has 0 radical (unpaired) electrons. The molecule has 2 aromatic heterocycles. The molecule has 0 spiro atoms. The van der Waals surface area contributed by atoms with Gasteiger partial charge in [0.1, 0.15) is 0 Å². The van der Waals surface area contributed by atoms with Gasteiger partial charge in [-0.2, -0.15) is 4.91 Å². The summed E-state index contributed by atoms with van der Waals surface area (Å²) in [4.78, 5) is 40.0. The molecule has 0 saturated heterocycles. The number of hydrogen-bond acceptors (Lipinski definition) is 5. The Bertz CT molecular complexity index is 1080. The molecule has 3 rings (SSSR count). The van der Waals surface area contributed by atoms with Crippen molar-refractivity contribution in [3.05, 3.63) is 65.3 Å². The predicted octanol–water partition coefficient (Wildman–Crippen LogP) is 2.52. The number of aromatic nitrogens is 4. The van der Waals surface area contributed by atoms with Gasteiger partial charge in [0.25, 0.3) is 5.56 Å². The van der Waals surface area contributed by atoms with Crippen molar-refractivity contribution < 1.29 is 0 Å². The van der Waals surface area contributed by atoms with Crippen LogP contribution >= 0.6 is 27.5 Å². The van der Waals surface area contributed by atoms with Gasteiger partial charge >= 0.3 is 5.69 Å².